The van der Waals surface area contributed by atoms with E-state index >= 15 is 0 Å². The second kappa shape index (κ2) is 9.25. The molecule has 0 atom stereocenters. The molecular formula is C23H26N4O4S2. The number of amides is 2. The Balaban J connectivity index is 1.42. The molecule has 2 aliphatic heterocycles. The molecular weight excluding hydrogens is 460 g/mol. The lowest BCUT2D eigenvalue weighted by Crippen LogP contribution is -2.41. The maximum atomic E-state index is 12.9. The molecule has 2 amide bonds. The number of carbonyl (C=O) groups is 2. The van der Waals surface area contributed by atoms with Gasteiger partial charge in [0.25, 0.3) is 0 Å². The highest BCUT2D eigenvalue weighted by Gasteiger charge is 2.33. The van der Waals surface area contributed by atoms with Crippen molar-refractivity contribution in [1.29, 1.82) is 5.26 Å². The zero-order valence-corrected chi connectivity index (χ0v) is 20.3. The molecule has 0 saturated carbocycles. The van der Waals surface area contributed by atoms with Crippen molar-refractivity contribution in [3.63, 3.8) is 0 Å². The summed E-state index contributed by atoms with van der Waals surface area (Å²) in [5, 5.41) is 13.1. The third kappa shape index (κ3) is 4.67. The highest BCUT2D eigenvalue weighted by Crippen LogP contribution is 2.37. The van der Waals surface area contributed by atoms with E-state index in [-0.39, 0.29) is 35.7 Å². The average Bonchev–Trinajstić information content (AvgIpc) is 3.15. The van der Waals surface area contributed by atoms with E-state index in [0.29, 0.717) is 42.9 Å². The molecule has 0 unspecified atom stereocenters. The van der Waals surface area contributed by atoms with Gasteiger partial charge in [-0.1, -0.05) is 17.7 Å². The van der Waals surface area contributed by atoms with E-state index in [1.54, 1.807) is 29.2 Å². The molecule has 1 saturated heterocycles. The van der Waals surface area contributed by atoms with Crippen molar-refractivity contribution in [3.05, 3.63) is 45.8 Å². The van der Waals surface area contributed by atoms with Gasteiger partial charge in [-0.05, 0) is 43.9 Å². The van der Waals surface area contributed by atoms with Crippen LogP contribution in [0.3, 0.4) is 0 Å². The number of nitrogens with one attached hydrogen (secondary N) is 1. The normalized spacial score (nSPS) is 17.3. The Kier molecular flexibility index (Phi) is 6.56. The van der Waals surface area contributed by atoms with Crippen LogP contribution in [0.15, 0.2) is 29.2 Å². The smallest absolute Gasteiger partial charge is 0.243 e. The number of sulfonamides is 1. The molecule has 4 rings (SSSR count). The van der Waals surface area contributed by atoms with Gasteiger partial charge in [0.15, 0.2) is 0 Å². The van der Waals surface area contributed by atoms with Gasteiger partial charge in [-0.3, -0.25) is 9.59 Å². The zero-order chi connectivity index (χ0) is 23.8. The van der Waals surface area contributed by atoms with E-state index in [0.717, 1.165) is 16.0 Å². The van der Waals surface area contributed by atoms with Gasteiger partial charge < -0.3 is 10.2 Å². The summed E-state index contributed by atoms with van der Waals surface area (Å²) in [4.78, 5) is 27.6. The second-order valence-electron chi connectivity index (χ2n) is 8.49. The number of hydrogen-bond acceptors (Lipinski definition) is 6. The lowest BCUT2D eigenvalue weighted by Gasteiger charge is -2.30. The van der Waals surface area contributed by atoms with Crippen LogP contribution in [0.1, 0.15) is 41.3 Å². The quantitative estimate of drug-likeness (QED) is 0.714. The van der Waals surface area contributed by atoms with Crippen LogP contribution in [0.25, 0.3) is 0 Å². The van der Waals surface area contributed by atoms with Gasteiger partial charge in [0.05, 0.1) is 17.0 Å². The minimum absolute atomic E-state index is 0.00880. The first-order valence-corrected chi connectivity index (χ1v) is 13.1. The third-order valence-corrected chi connectivity index (χ3v) is 9.38. The van der Waals surface area contributed by atoms with Crippen molar-refractivity contribution in [3.8, 4) is 6.07 Å². The van der Waals surface area contributed by atoms with Gasteiger partial charge >= 0.3 is 0 Å². The van der Waals surface area contributed by atoms with Gasteiger partial charge in [0.2, 0.25) is 21.8 Å². The monoisotopic (exact) mass is 486 g/mol. The molecule has 2 aromatic rings. The molecule has 0 bridgehead atoms. The summed E-state index contributed by atoms with van der Waals surface area (Å²) in [6.07, 6.45) is 1.43. The maximum Gasteiger partial charge on any atom is 0.243 e. The van der Waals surface area contributed by atoms with E-state index in [9.17, 15) is 23.3 Å². The standard InChI is InChI=1S/C23H26N4O4S2/c1-15-3-5-18(6-4-15)33(30,31)27-11-7-17(8-12-27)22(29)25-23-20(13-24)19-9-10-26(16(2)28)14-21(19)32-23/h3-6,17H,7-12,14H2,1-2H3,(H,25,29). The average molecular weight is 487 g/mol. The van der Waals surface area contributed by atoms with Gasteiger partial charge in [-0.15, -0.1) is 11.3 Å². The van der Waals surface area contributed by atoms with E-state index < -0.39 is 10.0 Å². The minimum atomic E-state index is -3.58. The van der Waals surface area contributed by atoms with Crippen LogP contribution in [0.5, 0.6) is 0 Å². The van der Waals surface area contributed by atoms with Gasteiger partial charge in [0, 0.05) is 37.4 Å². The van der Waals surface area contributed by atoms with Crippen molar-refractivity contribution >= 4 is 38.2 Å². The summed E-state index contributed by atoms with van der Waals surface area (Å²) in [5.41, 5.74) is 2.38. The predicted octanol–water partition coefficient (Wildman–Crippen LogP) is 2.87. The number of fused-ring (bicyclic) bond motifs is 1. The van der Waals surface area contributed by atoms with Crippen molar-refractivity contribution in [2.24, 2.45) is 5.92 Å². The van der Waals surface area contributed by atoms with Crippen molar-refractivity contribution in [2.75, 3.05) is 25.0 Å². The zero-order valence-electron chi connectivity index (χ0n) is 18.6. The first kappa shape index (κ1) is 23.4. The van der Waals surface area contributed by atoms with E-state index in [1.807, 2.05) is 6.92 Å². The molecule has 174 valence electrons. The van der Waals surface area contributed by atoms with E-state index in [1.165, 1.54) is 22.6 Å². The number of carbonyl (C=O) groups excluding carboxylic acids is 2. The van der Waals surface area contributed by atoms with E-state index in [2.05, 4.69) is 11.4 Å². The Hall–Kier alpha value is -2.74. The fourth-order valence-corrected chi connectivity index (χ4v) is 7.00. The first-order chi connectivity index (χ1) is 15.7. The van der Waals surface area contributed by atoms with Crippen LogP contribution in [0.2, 0.25) is 0 Å². The van der Waals surface area contributed by atoms with Crippen molar-refractivity contribution < 1.29 is 18.0 Å². The van der Waals surface area contributed by atoms with Gasteiger partial charge in [-0.25, -0.2) is 8.42 Å². The van der Waals surface area contributed by atoms with Gasteiger partial charge in [0.1, 0.15) is 11.1 Å². The summed E-state index contributed by atoms with van der Waals surface area (Å²) in [6, 6.07) is 8.98. The number of benzene rings is 1. The lowest BCUT2D eigenvalue weighted by atomic mass is 9.97. The molecule has 1 aromatic carbocycles. The lowest BCUT2D eigenvalue weighted by molar-refractivity contribution is -0.129. The topological polar surface area (TPSA) is 111 Å². The largest absolute Gasteiger partial charge is 0.337 e. The fourth-order valence-electron chi connectivity index (χ4n) is 4.31. The van der Waals surface area contributed by atoms with Crippen molar-refractivity contribution in [2.45, 2.75) is 44.6 Å². The Morgan fingerprint density at radius 1 is 1.15 bits per heavy atom. The summed E-state index contributed by atoms with van der Waals surface area (Å²) in [7, 11) is -3.58. The molecule has 1 N–H and O–H groups in total. The Morgan fingerprint density at radius 3 is 2.42 bits per heavy atom. The van der Waals surface area contributed by atoms with Crippen LogP contribution in [-0.4, -0.2) is 49.1 Å². The SMILES string of the molecule is CC(=O)N1CCc2c(sc(NC(=O)C3CCN(S(=O)(=O)c4ccc(C)cc4)CC3)c2C#N)C1. The molecule has 8 nitrogen and oxygen atoms in total. The van der Waals surface area contributed by atoms with Crippen LogP contribution in [0, 0.1) is 24.2 Å². The van der Waals surface area contributed by atoms with Crippen molar-refractivity contribution in [1.82, 2.24) is 9.21 Å². The van der Waals surface area contributed by atoms with Crippen LogP contribution >= 0.6 is 11.3 Å². The maximum absolute atomic E-state index is 12.9. The number of hydrogen-bond donors (Lipinski definition) is 1. The molecule has 3 heterocycles. The summed E-state index contributed by atoms with van der Waals surface area (Å²) in [6.45, 7) is 4.99. The highest BCUT2D eigenvalue weighted by molar-refractivity contribution is 7.89. The first-order valence-electron chi connectivity index (χ1n) is 10.9. The molecule has 33 heavy (non-hydrogen) atoms. The molecule has 10 heteroatoms. The third-order valence-electron chi connectivity index (χ3n) is 6.33. The number of piperidine rings is 1. The summed E-state index contributed by atoms with van der Waals surface area (Å²) in [5.74, 6) is -0.528. The molecule has 0 radical (unpaired) electrons. The number of thiophene rings is 1. The molecule has 0 aliphatic carbocycles. The van der Waals surface area contributed by atoms with E-state index in [4.69, 9.17) is 0 Å². The van der Waals surface area contributed by atoms with Crippen LogP contribution in [0.4, 0.5) is 5.00 Å². The molecule has 0 spiro atoms. The Morgan fingerprint density at radius 2 is 1.82 bits per heavy atom. The molecule has 1 fully saturated rings. The Bertz CT molecular complexity index is 1220. The van der Waals surface area contributed by atoms with Gasteiger partial charge in [-0.2, -0.15) is 9.57 Å². The fraction of sp³-hybridized carbons (Fsp3) is 0.435. The predicted molar refractivity (Wildman–Crippen MR) is 125 cm³/mol. The number of anilines is 1. The second-order valence-corrected chi connectivity index (χ2v) is 11.5. The number of nitrogens with zero attached hydrogens (tertiary/aromatic N) is 3. The summed E-state index contributed by atoms with van der Waals surface area (Å²) < 4.78 is 27.2. The molecule has 1 aromatic heterocycles. The van der Waals surface area contributed by atoms with Crippen LogP contribution < -0.4 is 5.32 Å². The number of rotatable bonds is 4. The van der Waals surface area contributed by atoms with Crippen LogP contribution in [-0.2, 0) is 32.6 Å². The summed E-state index contributed by atoms with van der Waals surface area (Å²) >= 11 is 1.35. The minimum Gasteiger partial charge on any atom is -0.337 e. The molecule has 2 aliphatic rings. The highest BCUT2D eigenvalue weighted by atomic mass is 32.2. The number of nitriles is 1. The Labute approximate surface area is 197 Å². The number of aryl methyl sites for hydroxylation is 1.